The normalized spacial score (nSPS) is 19.9. The Morgan fingerprint density at radius 3 is 3.16 bits per heavy atom. The molecule has 1 saturated heterocycles. The Kier molecular flexibility index (Phi) is 3.43. The standard InChI is InChI=1S/C11H17N7S/c1-3-8-9(19-17-14-8)10-13-11(16-15-10)18-5-4-12-7(2)6-18/h7,12H,3-6H2,1-2H3,(H,13,15,16)/t7-/m1/s1. The van der Waals surface area contributed by atoms with Gasteiger partial charge in [-0.2, -0.15) is 4.98 Å². The van der Waals surface area contributed by atoms with Crippen molar-refractivity contribution in [1.29, 1.82) is 0 Å². The topological polar surface area (TPSA) is 82.6 Å². The van der Waals surface area contributed by atoms with Gasteiger partial charge in [-0.05, 0) is 24.9 Å². The molecule has 0 saturated carbocycles. The van der Waals surface area contributed by atoms with Gasteiger partial charge in [0.1, 0.15) is 4.88 Å². The van der Waals surface area contributed by atoms with Gasteiger partial charge in [0.05, 0.1) is 5.69 Å². The summed E-state index contributed by atoms with van der Waals surface area (Å²) in [5, 5.41) is 14.8. The van der Waals surface area contributed by atoms with Crippen molar-refractivity contribution < 1.29 is 0 Å². The number of piperazine rings is 1. The second kappa shape index (κ2) is 5.22. The lowest BCUT2D eigenvalue weighted by molar-refractivity contribution is 0.480. The highest BCUT2D eigenvalue weighted by atomic mass is 32.1. The summed E-state index contributed by atoms with van der Waals surface area (Å²) in [5.74, 6) is 1.53. The van der Waals surface area contributed by atoms with Gasteiger partial charge in [0.15, 0.2) is 5.82 Å². The highest BCUT2D eigenvalue weighted by Gasteiger charge is 2.21. The fourth-order valence-corrected chi connectivity index (χ4v) is 2.92. The van der Waals surface area contributed by atoms with Crippen molar-refractivity contribution >= 4 is 17.5 Å². The number of hydrogen-bond acceptors (Lipinski definition) is 7. The fourth-order valence-electron chi connectivity index (χ4n) is 2.23. The van der Waals surface area contributed by atoms with Crippen LogP contribution in [0.3, 0.4) is 0 Å². The van der Waals surface area contributed by atoms with Crippen molar-refractivity contribution in [2.45, 2.75) is 26.3 Å². The molecule has 3 heterocycles. The molecule has 0 aliphatic carbocycles. The van der Waals surface area contributed by atoms with Gasteiger partial charge < -0.3 is 10.2 Å². The summed E-state index contributed by atoms with van der Waals surface area (Å²) >= 11 is 1.36. The second-order valence-corrected chi connectivity index (χ2v) is 5.44. The molecule has 2 N–H and O–H groups in total. The van der Waals surface area contributed by atoms with Gasteiger partial charge in [-0.15, -0.1) is 10.2 Å². The van der Waals surface area contributed by atoms with Crippen molar-refractivity contribution in [2.24, 2.45) is 0 Å². The van der Waals surface area contributed by atoms with E-state index in [2.05, 4.69) is 48.8 Å². The SMILES string of the molecule is CCc1nnsc1-c1nc(N2CCN[C@H](C)C2)n[nH]1. The van der Waals surface area contributed by atoms with Gasteiger partial charge in [0.25, 0.3) is 0 Å². The molecule has 3 rings (SSSR count). The van der Waals surface area contributed by atoms with Crippen molar-refractivity contribution in [3.63, 3.8) is 0 Å². The third-order valence-corrected chi connectivity index (χ3v) is 4.01. The molecule has 0 aromatic carbocycles. The zero-order chi connectivity index (χ0) is 13.2. The number of aromatic amines is 1. The zero-order valence-electron chi connectivity index (χ0n) is 11.1. The molecule has 1 fully saturated rings. The fraction of sp³-hybridized carbons (Fsp3) is 0.636. The lowest BCUT2D eigenvalue weighted by Crippen LogP contribution is -2.49. The van der Waals surface area contributed by atoms with E-state index < -0.39 is 0 Å². The second-order valence-electron chi connectivity index (χ2n) is 4.69. The average molecular weight is 279 g/mol. The van der Waals surface area contributed by atoms with Crippen LogP contribution in [-0.4, -0.2) is 50.4 Å². The molecule has 8 heteroatoms. The molecule has 1 aliphatic heterocycles. The lowest BCUT2D eigenvalue weighted by atomic mass is 10.2. The first-order valence-electron chi connectivity index (χ1n) is 6.50. The molecule has 1 aliphatic rings. The summed E-state index contributed by atoms with van der Waals surface area (Å²) in [6, 6.07) is 0.465. The quantitative estimate of drug-likeness (QED) is 0.860. The molecule has 102 valence electrons. The van der Waals surface area contributed by atoms with Gasteiger partial charge in [-0.3, -0.25) is 5.10 Å². The zero-order valence-corrected chi connectivity index (χ0v) is 11.9. The van der Waals surface area contributed by atoms with Crippen LogP contribution >= 0.6 is 11.5 Å². The van der Waals surface area contributed by atoms with Gasteiger partial charge in [-0.1, -0.05) is 11.4 Å². The van der Waals surface area contributed by atoms with Crippen molar-refractivity contribution in [3.05, 3.63) is 5.69 Å². The van der Waals surface area contributed by atoms with Crippen LogP contribution in [0.1, 0.15) is 19.5 Å². The molecule has 0 bridgehead atoms. The van der Waals surface area contributed by atoms with Crippen LogP contribution < -0.4 is 10.2 Å². The summed E-state index contributed by atoms with van der Waals surface area (Å²) in [6.45, 7) is 7.06. The van der Waals surface area contributed by atoms with Gasteiger partial charge in [0.2, 0.25) is 5.95 Å². The van der Waals surface area contributed by atoms with E-state index in [1.807, 2.05) is 0 Å². The van der Waals surface area contributed by atoms with E-state index in [9.17, 15) is 0 Å². The molecule has 1 atom stereocenters. The Morgan fingerprint density at radius 1 is 1.47 bits per heavy atom. The predicted molar refractivity (Wildman–Crippen MR) is 74.3 cm³/mol. The number of aromatic nitrogens is 5. The van der Waals surface area contributed by atoms with Crippen LogP contribution in [0.15, 0.2) is 0 Å². The first-order chi connectivity index (χ1) is 9.28. The predicted octanol–water partition coefficient (Wildman–Crippen LogP) is 0.684. The Balaban J connectivity index is 1.83. The Morgan fingerprint density at radius 2 is 2.37 bits per heavy atom. The molecular weight excluding hydrogens is 262 g/mol. The van der Waals surface area contributed by atoms with E-state index in [1.54, 1.807) is 0 Å². The van der Waals surface area contributed by atoms with Gasteiger partial charge >= 0.3 is 0 Å². The smallest absolute Gasteiger partial charge is 0.245 e. The molecule has 0 amide bonds. The summed E-state index contributed by atoms with van der Waals surface area (Å²) in [7, 11) is 0. The van der Waals surface area contributed by atoms with Crippen LogP contribution in [0.25, 0.3) is 10.7 Å². The molecule has 0 spiro atoms. The molecular formula is C11H17N7S. The Bertz CT molecular complexity index is 549. The highest BCUT2D eigenvalue weighted by molar-refractivity contribution is 7.09. The molecule has 0 unspecified atom stereocenters. The summed E-state index contributed by atoms with van der Waals surface area (Å²) in [5.41, 5.74) is 0.973. The Hall–Kier alpha value is -1.54. The van der Waals surface area contributed by atoms with Gasteiger partial charge in [0, 0.05) is 25.7 Å². The minimum absolute atomic E-state index is 0.465. The van der Waals surface area contributed by atoms with Crippen LogP contribution in [-0.2, 0) is 6.42 Å². The minimum atomic E-state index is 0.465. The van der Waals surface area contributed by atoms with E-state index in [0.717, 1.165) is 48.4 Å². The van der Waals surface area contributed by atoms with E-state index >= 15 is 0 Å². The minimum Gasteiger partial charge on any atom is -0.337 e. The van der Waals surface area contributed by atoms with Gasteiger partial charge in [-0.25, -0.2) is 0 Å². The molecule has 0 radical (unpaired) electrons. The highest BCUT2D eigenvalue weighted by Crippen LogP contribution is 2.24. The van der Waals surface area contributed by atoms with Crippen molar-refractivity contribution in [3.8, 4) is 10.7 Å². The third-order valence-electron chi connectivity index (χ3n) is 3.23. The van der Waals surface area contributed by atoms with Crippen LogP contribution in [0.5, 0.6) is 0 Å². The Labute approximate surface area is 115 Å². The maximum absolute atomic E-state index is 4.58. The van der Waals surface area contributed by atoms with Crippen LogP contribution in [0, 0.1) is 0 Å². The van der Waals surface area contributed by atoms with E-state index in [4.69, 9.17) is 0 Å². The first-order valence-corrected chi connectivity index (χ1v) is 7.27. The molecule has 7 nitrogen and oxygen atoms in total. The number of anilines is 1. The number of nitrogens with zero attached hydrogens (tertiary/aromatic N) is 5. The average Bonchev–Trinajstić information content (AvgIpc) is 3.07. The number of rotatable bonds is 3. The number of hydrogen-bond donors (Lipinski definition) is 2. The maximum atomic E-state index is 4.58. The van der Waals surface area contributed by atoms with E-state index in [-0.39, 0.29) is 0 Å². The number of H-pyrrole nitrogens is 1. The van der Waals surface area contributed by atoms with Crippen LogP contribution in [0.2, 0.25) is 0 Å². The maximum Gasteiger partial charge on any atom is 0.245 e. The molecule has 19 heavy (non-hydrogen) atoms. The van der Waals surface area contributed by atoms with E-state index in [1.165, 1.54) is 11.5 Å². The van der Waals surface area contributed by atoms with Crippen molar-refractivity contribution in [1.82, 2.24) is 30.1 Å². The third kappa shape index (κ3) is 2.45. The van der Waals surface area contributed by atoms with Crippen molar-refractivity contribution in [2.75, 3.05) is 24.5 Å². The summed E-state index contributed by atoms with van der Waals surface area (Å²) in [6.07, 6.45) is 0.854. The lowest BCUT2D eigenvalue weighted by Gasteiger charge is -2.30. The van der Waals surface area contributed by atoms with Crippen LogP contribution in [0.4, 0.5) is 5.95 Å². The molecule has 2 aromatic heterocycles. The molecule has 2 aromatic rings. The number of nitrogens with one attached hydrogen (secondary N) is 2. The largest absolute Gasteiger partial charge is 0.337 e. The summed E-state index contributed by atoms with van der Waals surface area (Å²) < 4.78 is 3.98. The number of aryl methyl sites for hydroxylation is 1. The first kappa shape index (κ1) is 12.5. The van der Waals surface area contributed by atoms with E-state index in [0.29, 0.717) is 6.04 Å². The summed E-state index contributed by atoms with van der Waals surface area (Å²) in [4.78, 5) is 7.77. The monoisotopic (exact) mass is 279 g/mol.